The van der Waals surface area contributed by atoms with Gasteiger partial charge in [-0.1, -0.05) is 0 Å². The van der Waals surface area contributed by atoms with E-state index >= 15 is 0 Å². The molecule has 9 heteroatoms. The van der Waals surface area contributed by atoms with Crippen molar-refractivity contribution in [3.63, 3.8) is 0 Å². The minimum atomic E-state index is -0.276. The van der Waals surface area contributed by atoms with Crippen LogP contribution in [0.25, 0.3) is 5.82 Å². The molecule has 0 aliphatic heterocycles. The maximum Gasteiger partial charge on any atom is 0.319 e. The molecule has 0 atom stereocenters. The zero-order valence-corrected chi connectivity index (χ0v) is 16.8. The van der Waals surface area contributed by atoms with Gasteiger partial charge in [0.05, 0.1) is 12.3 Å². The Balaban J connectivity index is 1.40. The number of rotatable bonds is 8. The van der Waals surface area contributed by atoms with Crippen LogP contribution < -0.4 is 20.7 Å². The van der Waals surface area contributed by atoms with Gasteiger partial charge in [-0.05, 0) is 63.2 Å². The summed E-state index contributed by atoms with van der Waals surface area (Å²) in [4.78, 5) is 12.0. The van der Waals surface area contributed by atoms with Crippen molar-refractivity contribution in [2.75, 3.05) is 30.3 Å². The van der Waals surface area contributed by atoms with Gasteiger partial charge in [-0.15, -0.1) is 10.2 Å². The number of hydrogen-bond donors (Lipinski definition) is 3. The predicted octanol–water partition coefficient (Wildman–Crippen LogP) is 2.91. The number of benzene rings is 1. The van der Waals surface area contributed by atoms with E-state index in [9.17, 15) is 4.79 Å². The summed E-state index contributed by atoms with van der Waals surface area (Å²) < 4.78 is 7.12. The lowest BCUT2D eigenvalue weighted by molar-refractivity contribution is 0.252. The molecule has 0 saturated carbocycles. The van der Waals surface area contributed by atoms with Gasteiger partial charge in [0, 0.05) is 24.5 Å². The van der Waals surface area contributed by atoms with Crippen LogP contribution >= 0.6 is 0 Å². The number of carbonyl (C=O) groups is 1. The van der Waals surface area contributed by atoms with Gasteiger partial charge in [-0.25, -0.2) is 9.48 Å². The number of amides is 2. The first-order valence-corrected chi connectivity index (χ1v) is 9.44. The molecule has 0 radical (unpaired) electrons. The highest BCUT2D eigenvalue weighted by atomic mass is 16.5. The summed E-state index contributed by atoms with van der Waals surface area (Å²) in [6.45, 7) is 7.39. The Morgan fingerprint density at radius 1 is 1.07 bits per heavy atom. The molecule has 0 unspecified atom stereocenters. The average molecular weight is 395 g/mol. The number of nitrogens with zero attached hydrogens (tertiary/aromatic N) is 4. The van der Waals surface area contributed by atoms with Gasteiger partial charge in [0.1, 0.15) is 11.6 Å². The summed E-state index contributed by atoms with van der Waals surface area (Å²) in [6, 6.07) is 12.6. The maximum absolute atomic E-state index is 12.0. The molecule has 1 aromatic carbocycles. The van der Waals surface area contributed by atoms with E-state index in [1.165, 1.54) is 0 Å². The lowest BCUT2D eigenvalue weighted by Gasteiger charge is -2.10. The molecule has 3 aromatic rings. The number of hydrogen-bond acceptors (Lipinski definition) is 6. The number of anilines is 2. The monoisotopic (exact) mass is 395 g/mol. The number of aryl methyl sites for hydroxylation is 2. The number of carbonyl (C=O) groups excluding carboxylic acids is 1. The fourth-order valence-electron chi connectivity index (χ4n) is 2.74. The molecule has 0 aliphatic rings. The van der Waals surface area contributed by atoms with Crippen molar-refractivity contribution in [2.45, 2.75) is 20.8 Å². The molecule has 0 bridgehead atoms. The lowest BCUT2D eigenvalue weighted by Crippen LogP contribution is -2.32. The minimum Gasteiger partial charge on any atom is -0.494 e. The van der Waals surface area contributed by atoms with Crippen molar-refractivity contribution in [1.29, 1.82) is 0 Å². The molecule has 0 aliphatic carbocycles. The van der Waals surface area contributed by atoms with E-state index in [0.29, 0.717) is 37.0 Å². The maximum atomic E-state index is 12.0. The van der Waals surface area contributed by atoms with Crippen molar-refractivity contribution in [2.24, 2.45) is 0 Å². The van der Waals surface area contributed by atoms with E-state index in [-0.39, 0.29) is 6.03 Å². The van der Waals surface area contributed by atoms with Gasteiger partial charge in [0.2, 0.25) is 0 Å². The SMILES string of the molecule is CCOc1ccc(NC(=O)NCCNc2ccc(-n3nc(C)cc3C)nn2)cc1. The molecule has 2 aromatic heterocycles. The van der Waals surface area contributed by atoms with Crippen LogP contribution in [0.1, 0.15) is 18.3 Å². The van der Waals surface area contributed by atoms with E-state index in [2.05, 4.69) is 31.2 Å². The third-order valence-electron chi connectivity index (χ3n) is 4.02. The van der Waals surface area contributed by atoms with Gasteiger partial charge in [0.15, 0.2) is 5.82 Å². The Morgan fingerprint density at radius 2 is 1.86 bits per heavy atom. The zero-order chi connectivity index (χ0) is 20.6. The summed E-state index contributed by atoms with van der Waals surface area (Å²) in [5.74, 6) is 2.06. The highest BCUT2D eigenvalue weighted by Gasteiger charge is 2.06. The summed E-state index contributed by atoms with van der Waals surface area (Å²) >= 11 is 0. The van der Waals surface area contributed by atoms with Crippen LogP contribution in [0, 0.1) is 13.8 Å². The zero-order valence-electron chi connectivity index (χ0n) is 16.8. The molecule has 0 fully saturated rings. The second-order valence-corrected chi connectivity index (χ2v) is 6.38. The van der Waals surface area contributed by atoms with E-state index in [0.717, 1.165) is 17.1 Å². The van der Waals surface area contributed by atoms with Crippen molar-refractivity contribution in [1.82, 2.24) is 25.3 Å². The molecule has 0 spiro atoms. The van der Waals surface area contributed by atoms with Crippen LogP contribution in [0.2, 0.25) is 0 Å². The van der Waals surface area contributed by atoms with E-state index in [1.807, 2.05) is 51.1 Å². The Kier molecular flexibility index (Phi) is 6.62. The fourth-order valence-corrected chi connectivity index (χ4v) is 2.74. The first-order valence-electron chi connectivity index (χ1n) is 9.44. The van der Waals surface area contributed by atoms with Crippen molar-refractivity contribution >= 4 is 17.5 Å². The molecule has 29 heavy (non-hydrogen) atoms. The molecule has 152 valence electrons. The van der Waals surface area contributed by atoms with Crippen LogP contribution in [-0.2, 0) is 0 Å². The number of ether oxygens (including phenoxy) is 1. The first kappa shape index (κ1) is 20.1. The molecule has 2 amide bonds. The van der Waals surface area contributed by atoms with E-state index in [4.69, 9.17) is 4.74 Å². The van der Waals surface area contributed by atoms with Gasteiger partial charge >= 0.3 is 6.03 Å². The Hall–Kier alpha value is -3.62. The molecular weight excluding hydrogens is 370 g/mol. The topological polar surface area (TPSA) is 106 Å². The highest BCUT2D eigenvalue weighted by molar-refractivity contribution is 5.89. The summed E-state index contributed by atoms with van der Waals surface area (Å²) in [7, 11) is 0. The first-order chi connectivity index (χ1) is 14.0. The van der Waals surface area contributed by atoms with Crippen LogP contribution in [0.4, 0.5) is 16.3 Å². The Morgan fingerprint density at radius 3 is 2.48 bits per heavy atom. The quantitative estimate of drug-likeness (QED) is 0.507. The second kappa shape index (κ2) is 9.54. The third kappa shape index (κ3) is 5.68. The highest BCUT2D eigenvalue weighted by Crippen LogP contribution is 2.15. The minimum absolute atomic E-state index is 0.276. The standard InChI is InChI=1S/C20H25N7O2/c1-4-29-17-7-5-16(6-8-17)23-20(28)22-12-11-21-18-9-10-19(25-24-18)27-15(3)13-14(2)26-27/h5-10,13H,4,11-12H2,1-3H3,(H,21,24)(H2,22,23,28). The molecule has 3 rings (SSSR count). The normalized spacial score (nSPS) is 10.4. The largest absolute Gasteiger partial charge is 0.494 e. The number of nitrogens with one attached hydrogen (secondary N) is 3. The molecule has 3 N–H and O–H groups in total. The summed E-state index contributed by atoms with van der Waals surface area (Å²) in [6.07, 6.45) is 0. The van der Waals surface area contributed by atoms with Crippen molar-refractivity contribution in [3.05, 3.63) is 53.9 Å². The van der Waals surface area contributed by atoms with Crippen LogP contribution in [0.15, 0.2) is 42.5 Å². The molecular formula is C20H25N7O2. The van der Waals surface area contributed by atoms with Crippen LogP contribution in [0.5, 0.6) is 5.75 Å². The predicted molar refractivity (Wildman–Crippen MR) is 112 cm³/mol. The molecule has 9 nitrogen and oxygen atoms in total. The molecule has 2 heterocycles. The average Bonchev–Trinajstić information content (AvgIpc) is 3.05. The van der Waals surface area contributed by atoms with Gasteiger partial charge in [-0.2, -0.15) is 5.10 Å². The Labute approximate surface area is 169 Å². The van der Waals surface area contributed by atoms with Crippen LogP contribution in [-0.4, -0.2) is 45.7 Å². The van der Waals surface area contributed by atoms with Gasteiger partial charge < -0.3 is 20.7 Å². The third-order valence-corrected chi connectivity index (χ3v) is 4.02. The second-order valence-electron chi connectivity index (χ2n) is 6.38. The van der Waals surface area contributed by atoms with E-state index < -0.39 is 0 Å². The number of urea groups is 1. The van der Waals surface area contributed by atoms with Gasteiger partial charge in [0.25, 0.3) is 0 Å². The Bertz CT molecular complexity index is 936. The summed E-state index contributed by atoms with van der Waals surface area (Å²) in [5.41, 5.74) is 2.63. The van der Waals surface area contributed by atoms with Crippen molar-refractivity contribution < 1.29 is 9.53 Å². The van der Waals surface area contributed by atoms with Crippen molar-refractivity contribution in [3.8, 4) is 11.6 Å². The smallest absolute Gasteiger partial charge is 0.319 e. The van der Waals surface area contributed by atoms with Gasteiger partial charge in [-0.3, -0.25) is 0 Å². The number of aromatic nitrogens is 4. The lowest BCUT2D eigenvalue weighted by atomic mass is 10.3. The fraction of sp³-hybridized carbons (Fsp3) is 0.300. The summed E-state index contributed by atoms with van der Waals surface area (Å²) in [5, 5.41) is 21.4. The van der Waals surface area contributed by atoms with E-state index in [1.54, 1.807) is 16.8 Å². The molecule has 0 saturated heterocycles. The van der Waals surface area contributed by atoms with Crippen LogP contribution in [0.3, 0.4) is 0 Å².